The van der Waals surface area contributed by atoms with Gasteiger partial charge in [-0.1, -0.05) is 24.3 Å². The van der Waals surface area contributed by atoms with Gasteiger partial charge in [-0.2, -0.15) is 0 Å². The molecule has 6 nitrogen and oxygen atoms in total. The summed E-state index contributed by atoms with van der Waals surface area (Å²) in [4.78, 5) is 17.3. The van der Waals surface area contributed by atoms with E-state index in [9.17, 15) is 9.18 Å². The molecule has 8 heteroatoms. The minimum atomic E-state index is -0.441. The van der Waals surface area contributed by atoms with Gasteiger partial charge in [0.25, 0.3) is 0 Å². The monoisotopic (exact) mass is 439 g/mol. The summed E-state index contributed by atoms with van der Waals surface area (Å²) < 4.78 is 27.1. The molecule has 0 saturated carbocycles. The molecule has 0 saturated heterocycles. The van der Waals surface area contributed by atoms with Gasteiger partial charge < -0.3 is 14.8 Å². The third-order valence-electron chi connectivity index (χ3n) is 5.14. The van der Waals surface area contributed by atoms with Gasteiger partial charge in [-0.15, -0.1) is 11.3 Å². The van der Waals surface area contributed by atoms with Crippen molar-refractivity contribution < 1.29 is 18.7 Å². The number of aryl methyl sites for hydroxylation is 2. The fraction of sp³-hybridized carbons (Fsp3) is 0.217. The number of para-hydroxylation sites is 1. The van der Waals surface area contributed by atoms with Crippen LogP contribution in [0.25, 0.3) is 16.2 Å². The molecule has 160 valence electrons. The number of thiazole rings is 1. The van der Waals surface area contributed by atoms with E-state index in [-0.39, 0.29) is 18.0 Å². The number of halogens is 1. The highest BCUT2D eigenvalue weighted by Gasteiger charge is 2.25. The van der Waals surface area contributed by atoms with Crippen molar-refractivity contribution >= 4 is 33.8 Å². The minimum absolute atomic E-state index is 0.0716. The number of hydrogen-bond donors (Lipinski definition) is 1. The molecular weight excluding hydrogens is 417 g/mol. The molecule has 0 spiro atoms. The van der Waals surface area contributed by atoms with E-state index in [1.807, 2.05) is 41.8 Å². The number of rotatable bonds is 6. The van der Waals surface area contributed by atoms with Crippen LogP contribution in [0, 0.1) is 19.7 Å². The lowest BCUT2D eigenvalue weighted by Crippen LogP contribution is -2.08. The molecule has 0 amide bonds. The maximum atomic E-state index is 15.0. The molecule has 2 aromatic carbocycles. The number of fused-ring (bicyclic) bond motifs is 1. The van der Waals surface area contributed by atoms with Crippen LogP contribution in [0.4, 0.5) is 15.9 Å². The summed E-state index contributed by atoms with van der Waals surface area (Å²) >= 11 is 1.38. The molecule has 0 fully saturated rings. The second kappa shape index (κ2) is 8.39. The lowest BCUT2D eigenvalue weighted by atomic mass is 10.1. The molecule has 1 N–H and O–H groups in total. The standard InChI is InChI=1S/C23H22FN3O3S/c1-13-7-5-8-14(2)20(13)25-22-21(19-16(24)9-6-10-17(19)29-3)26-23-27(22)15(12-31-23)11-18(28)30-4/h5-10,12,25H,11H2,1-4H3. The Labute approximate surface area is 183 Å². The Balaban J connectivity index is 1.99. The molecule has 0 atom stereocenters. The van der Waals surface area contributed by atoms with E-state index in [1.54, 1.807) is 12.1 Å². The normalized spacial score (nSPS) is 11.0. The van der Waals surface area contributed by atoms with Crippen molar-refractivity contribution in [3.63, 3.8) is 0 Å². The van der Waals surface area contributed by atoms with E-state index in [0.29, 0.717) is 27.9 Å². The molecule has 0 aliphatic carbocycles. The lowest BCUT2D eigenvalue weighted by molar-refractivity contribution is -0.139. The molecule has 31 heavy (non-hydrogen) atoms. The van der Waals surface area contributed by atoms with Crippen molar-refractivity contribution in [3.05, 3.63) is 64.4 Å². The second-order valence-electron chi connectivity index (χ2n) is 7.12. The number of hydrogen-bond acceptors (Lipinski definition) is 6. The predicted molar refractivity (Wildman–Crippen MR) is 120 cm³/mol. The summed E-state index contributed by atoms with van der Waals surface area (Å²) in [5.41, 5.74) is 4.34. The summed E-state index contributed by atoms with van der Waals surface area (Å²) in [5.74, 6) is 0.140. The smallest absolute Gasteiger partial charge is 0.311 e. The maximum Gasteiger partial charge on any atom is 0.311 e. The lowest BCUT2D eigenvalue weighted by Gasteiger charge is -2.15. The summed E-state index contributed by atoms with van der Waals surface area (Å²) in [6.07, 6.45) is 0.0716. The Morgan fingerprint density at radius 2 is 1.87 bits per heavy atom. The van der Waals surface area contributed by atoms with Crippen LogP contribution < -0.4 is 10.1 Å². The van der Waals surface area contributed by atoms with Gasteiger partial charge in [0.1, 0.15) is 23.1 Å². The fourth-order valence-corrected chi connectivity index (χ4v) is 4.47. The van der Waals surface area contributed by atoms with Crippen molar-refractivity contribution in [1.82, 2.24) is 9.38 Å². The van der Waals surface area contributed by atoms with Gasteiger partial charge in [-0.05, 0) is 37.1 Å². The third kappa shape index (κ3) is 3.74. The van der Waals surface area contributed by atoms with E-state index in [0.717, 1.165) is 16.8 Å². The van der Waals surface area contributed by atoms with Crippen molar-refractivity contribution in [1.29, 1.82) is 0 Å². The van der Waals surface area contributed by atoms with E-state index >= 15 is 0 Å². The van der Waals surface area contributed by atoms with Gasteiger partial charge in [0.15, 0.2) is 4.96 Å². The molecule has 0 radical (unpaired) electrons. The number of aromatic nitrogens is 2. The van der Waals surface area contributed by atoms with Crippen LogP contribution >= 0.6 is 11.3 Å². The van der Waals surface area contributed by atoms with Gasteiger partial charge in [-0.3, -0.25) is 9.20 Å². The summed E-state index contributed by atoms with van der Waals surface area (Å²) in [5, 5.41) is 5.32. The van der Waals surface area contributed by atoms with Crippen LogP contribution in [0.15, 0.2) is 41.8 Å². The Bertz CT molecular complexity index is 1260. The summed E-state index contributed by atoms with van der Waals surface area (Å²) in [7, 11) is 2.85. The second-order valence-corrected chi connectivity index (χ2v) is 7.95. The van der Waals surface area contributed by atoms with E-state index < -0.39 is 5.82 Å². The number of carbonyl (C=O) groups is 1. The van der Waals surface area contributed by atoms with Crippen LogP contribution in [-0.2, 0) is 16.0 Å². The highest BCUT2D eigenvalue weighted by atomic mass is 32.1. The molecule has 0 aliphatic rings. The third-order valence-corrected chi connectivity index (χ3v) is 6.02. The van der Waals surface area contributed by atoms with Crippen molar-refractivity contribution in [2.24, 2.45) is 0 Å². The summed E-state index contributed by atoms with van der Waals surface area (Å²) in [6, 6.07) is 10.7. The summed E-state index contributed by atoms with van der Waals surface area (Å²) in [6.45, 7) is 4.00. The average molecular weight is 440 g/mol. The first kappa shape index (κ1) is 20.9. The minimum Gasteiger partial charge on any atom is -0.496 e. The fourth-order valence-electron chi connectivity index (χ4n) is 3.58. The van der Waals surface area contributed by atoms with E-state index in [4.69, 9.17) is 14.5 Å². The number of anilines is 2. The maximum absolute atomic E-state index is 15.0. The Morgan fingerprint density at radius 1 is 1.16 bits per heavy atom. The number of methoxy groups -OCH3 is 2. The zero-order valence-electron chi connectivity index (χ0n) is 17.7. The molecule has 4 rings (SSSR count). The Kier molecular flexibility index (Phi) is 5.65. The SMILES string of the molecule is COC(=O)Cc1csc2nc(-c3c(F)cccc3OC)c(Nc3c(C)cccc3C)n12. The zero-order valence-corrected chi connectivity index (χ0v) is 18.5. The number of nitrogens with one attached hydrogen (secondary N) is 1. The molecule has 2 aromatic heterocycles. The van der Waals surface area contributed by atoms with Gasteiger partial charge in [0, 0.05) is 16.8 Å². The molecule has 0 unspecified atom stereocenters. The highest BCUT2D eigenvalue weighted by Crippen LogP contribution is 2.40. The van der Waals surface area contributed by atoms with E-state index in [1.165, 1.54) is 31.6 Å². The van der Waals surface area contributed by atoms with Gasteiger partial charge in [0.05, 0.1) is 26.2 Å². The highest BCUT2D eigenvalue weighted by molar-refractivity contribution is 7.15. The molecule has 0 aliphatic heterocycles. The van der Waals surface area contributed by atoms with Crippen molar-refractivity contribution in [3.8, 4) is 17.0 Å². The van der Waals surface area contributed by atoms with Crippen LogP contribution in [0.5, 0.6) is 5.75 Å². The number of nitrogens with zero attached hydrogens (tertiary/aromatic N) is 2. The molecule has 4 aromatic rings. The largest absolute Gasteiger partial charge is 0.496 e. The Hall–Kier alpha value is -3.39. The molecular formula is C23H22FN3O3S. The van der Waals surface area contributed by atoms with Crippen LogP contribution in [-0.4, -0.2) is 29.6 Å². The first-order chi connectivity index (χ1) is 14.9. The van der Waals surface area contributed by atoms with Crippen molar-refractivity contribution in [2.75, 3.05) is 19.5 Å². The van der Waals surface area contributed by atoms with Gasteiger partial charge in [-0.25, -0.2) is 9.37 Å². The van der Waals surface area contributed by atoms with E-state index in [2.05, 4.69) is 5.32 Å². The van der Waals surface area contributed by atoms with Crippen LogP contribution in [0.3, 0.4) is 0 Å². The quantitative estimate of drug-likeness (QED) is 0.414. The van der Waals surface area contributed by atoms with Crippen LogP contribution in [0.2, 0.25) is 0 Å². The number of imidazole rings is 1. The topological polar surface area (TPSA) is 64.9 Å². The van der Waals surface area contributed by atoms with Gasteiger partial charge in [0.2, 0.25) is 0 Å². The van der Waals surface area contributed by atoms with Crippen LogP contribution in [0.1, 0.15) is 16.8 Å². The first-order valence-electron chi connectivity index (χ1n) is 9.66. The molecule has 0 bridgehead atoms. The Morgan fingerprint density at radius 3 is 2.55 bits per heavy atom. The number of benzene rings is 2. The number of esters is 1. The zero-order chi connectivity index (χ0) is 22.1. The molecule has 2 heterocycles. The number of ether oxygens (including phenoxy) is 2. The average Bonchev–Trinajstić information content (AvgIpc) is 3.30. The first-order valence-corrected chi connectivity index (χ1v) is 10.5. The van der Waals surface area contributed by atoms with Gasteiger partial charge >= 0.3 is 5.97 Å². The number of carbonyl (C=O) groups excluding carboxylic acids is 1. The predicted octanol–water partition coefficient (Wildman–Crippen LogP) is 5.29. The van der Waals surface area contributed by atoms with Crippen molar-refractivity contribution in [2.45, 2.75) is 20.3 Å².